The Morgan fingerprint density at radius 2 is 2.27 bits per heavy atom. The molecule has 0 fully saturated rings. The number of nitrogens with two attached hydrogens (primary N) is 1. The second kappa shape index (κ2) is 3.05. The predicted octanol–water partition coefficient (Wildman–Crippen LogP) is 0.471. The molecule has 62 valence electrons. The number of hydrogen-bond donors (Lipinski definition) is 1. The molecule has 0 spiro atoms. The molecule has 0 unspecified atom stereocenters. The van der Waals surface area contributed by atoms with E-state index in [9.17, 15) is 4.79 Å². The largest absolute Gasteiger partial charge is 0.322 e. The fourth-order valence-corrected chi connectivity index (χ4v) is 1.28. The van der Waals surface area contributed by atoms with Crippen LogP contribution in [0.3, 0.4) is 0 Å². The monoisotopic (exact) mass is 154 g/mol. The van der Waals surface area contributed by atoms with Gasteiger partial charge in [-0.15, -0.1) is 0 Å². The molecule has 3 heteroatoms. The zero-order chi connectivity index (χ0) is 8.43. The minimum atomic E-state index is 0.0272. The Kier molecular flexibility index (Phi) is 2.29. The molecule has 1 heterocycles. The van der Waals surface area contributed by atoms with Gasteiger partial charge in [0.1, 0.15) is 0 Å². The molecule has 0 aromatic heterocycles. The van der Waals surface area contributed by atoms with Crippen molar-refractivity contribution >= 4 is 5.91 Å². The standard InChI is InChI=1S/C8H14N2O/c1-6-3-4-10(7(6)2)8(11)5-9/h3-5,9H2,1-2H3. The van der Waals surface area contributed by atoms with Gasteiger partial charge in [-0.05, 0) is 20.3 Å². The lowest BCUT2D eigenvalue weighted by molar-refractivity contribution is -0.127. The molecule has 0 bridgehead atoms. The van der Waals surface area contributed by atoms with Gasteiger partial charge in [0.2, 0.25) is 5.91 Å². The SMILES string of the molecule is CC1=C(C)N(C(=O)CN)CC1. The smallest absolute Gasteiger partial charge is 0.240 e. The number of hydrogen-bond acceptors (Lipinski definition) is 2. The Balaban J connectivity index is 2.71. The Morgan fingerprint density at radius 3 is 2.64 bits per heavy atom. The molecule has 1 amide bonds. The van der Waals surface area contributed by atoms with Gasteiger partial charge >= 0.3 is 0 Å². The maximum atomic E-state index is 11.1. The topological polar surface area (TPSA) is 46.3 Å². The van der Waals surface area contributed by atoms with Gasteiger partial charge in [-0.3, -0.25) is 4.79 Å². The van der Waals surface area contributed by atoms with Gasteiger partial charge in [0.05, 0.1) is 6.54 Å². The van der Waals surface area contributed by atoms with Crippen LogP contribution in [0.15, 0.2) is 11.3 Å². The summed E-state index contributed by atoms with van der Waals surface area (Å²) in [4.78, 5) is 12.9. The zero-order valence-corrected chi connectivity index (χ0v) is 7.05. The van der Waals surface area contributed by atoms with Crippen molar-refractivity contribution in [2.24, 2.45) is 5.73 Å². The van der Waals surface area contributed by atoms with Crippen molar-refractivity contribution in [3.05, 3.63) is 11.3 Å². The number of carbonyl (C=O) groups is 1. The fourth-order valence-electron chi connectivity index (χ4n) is 1.28. The molecule has 0 saturated heterocycles. The van der Waals surface area contributed by atoms with Gasteiger partial charge in [0, 0.05) is 12.2 Å². The highest BCUT2D eigenvalue weighted by atomic mass is 16.2. The summed E-state index contributed by atoms with van der Waals surface area (Å²) in [6, 6.07) is 0. The van der Waals surface area contributed by atoms with Crippen molar-refractivity contribution in [1.29, 1.82) is 0 Å². The highest BCUT2D eigenvalue weighted by Gasteiger charge is 2.20. The molecular weight excluding hydrogens is 140 g/mol. The van der Waals surface area contributed by atoms with E-state index in [2.05, 4.69) is 6.92 Å². The first-order valence-corrected chi connectivity index (χ1v) is 3.83. The Morgan fingerprint density at radius 1 is 1.64 bits per heavy atom. The van der Waals surface area contributed by atoms with E-state index in [4.69, 9.17) is 5.73 Å². The van der Waals surface area contributed by atoms with Crippen LogP contribution in [0, 0.1) is 0 Å². The second-order valence-electron chi connectivity index (χ2n) is 2.87. The lowest BCUT2D eigenvalue weighted by Gasteiger charge is -2.16. The summed E-state index contributed by atoms with van der Waals surface area (Å²) in [5.41, 5.74) is 7.63. The normalized spacial score (nSPS) is 17.9. The van der Waals surface area contributed by atoms with E-state index in [0.29, 0.717) is 0 Å². The summed E-state index contributed by atoms with van der Waals surface area (Å²) in [5.74, 6) is 0.0272. The molecule has 0 atom stereocenters. The Bertz CT molecular complexity index is 208. The van der Waals surface area contributed by atoms with E-state index >= 15 is 0 Å². The highest BCUT2D eigenvalue weighted by molar-refractivity contribution is 5.80. The average molecular weight is 154 g/mol. The summed E-state index contributed by atoms with van der Waals surface area (Å²) in [5, 5.41) is 0. The third-order valence-electron chi connectivity index (χ3n) is 2.21. The second-order valence-corrected chi connectivity index (χ2v) is 2.87. The molecular formula is C8H14N2O. The first kappa shape index (κ1) is 8.27. The van der Waals surface area contributed by atoms with Crippen molar-refractivity contribution in [2.75, 3.05) is 13.1 Å². The summed E-state index contributed by atoms with van der Waals surface area (Å²) in [7, 11) is 0. The average Bonchev–Trinajstić information content (AvgIpc) is 2.32. The maximum absolute atomic E-state index is 11.1. The van der Waals surface area contributed by atoms with Gasteiger partial charge in [-0.2, -0.15) is 0 Å². The molecule has 0 aromatic rings. The molecule has 1 rings (SSSR count). The van der Waals surface area contributed by atoms with Crippen molar-refractivity contribution < 1.29 is 4.79 Å². The minimum Gasteiger partial charge on any atom is -0.322 e. The van der Waals surface area contributed by atoms with E-state index in [1.807, 2.05) is 6.92 Å². The molecule has 1 aliphatic rings. The number of rotatable bonds is 1. The van der Waals surface area contributed by atoms with Crippen LogP contribution >= 0.6 is 0 Å². The quantitative estimate of drug-likeness (QED) is 0.596. The molecule has 0 aromatic carbocycles. The summed E-state index contributed by atoms with van der Waals surface area (Å²) in [6.45, 7) is 4.95. The van der Waals surface area contributed by atoms with Crippen molar-refractivity contribution in [3.63, 3.8) is 0 Å². The zero-order valence-electron chi connectivity index (χ0n) is 7.05. The van der Waals surface area contributed by atoms with Gasteiger partial charge in [0.25, 0.3) is 0 Å². The van der Waals surface area contributed by atoms with Crippen molar-refractivity contribution in [3.8, 4) is 0 Å². The number of nitrogens with zero attached hydrogens (tertiary/aromatic N) is 1. The molecule has 0 aliphatic carbocycles. The predicted molar refractivity (Wildman–Crippen MR) is 43.8 cm³/mol. The van der Waals surface area contributed by atoms with E-state index in [0.717, 1.165) is 18.7 Å². The van der Waals surface area contributed by atoms with E-state index in [1.165, 1.54) is 5.57 Å². The molecule has 0 radical (unpaired) electrons. The highest BCUT2D eigenvalue weighted by Crippen LogP contribution is 2.21. The van der Waals surface area contributed by atoms with E-state index in [1.54, 1.807) is 4.90 Å². The van der Waals surface area contributed by atoms with Crippen LogP contribution in [-0.4, -0.2) is 23.9 Å². The summed E-state index contributed by atoms with van der Waals surface area (Å²) >= 11 is 0. The first-order valence-electron chi connectivity index (χ1n) is 3.83. The molecule has 1 aliphatic heterocycles. The summed E-state index contributed by atoms with van der Waals surface area (Å²) in [6.07, 6.45) is 0.998. The first-order chi connectivity index (χ1) is 5.16. The Labute approximate surface area is 66.9 Å². The minimum absolute atomic E-state index is 0.0272. The lowest BCUT2D eigenvalue weighted by Crippen LogP contribution is -2.32. The Hall–Kier alpha value is -0.830. The molecule has 0 saturated carbocycles. The van der Waals surface area contributed by atoms with Crippen LogP contribution in [0.2, 0.25) is 0 Å². The third kappa shape index (κ3) is 1.43. The van der Waals surface area contributed by atoms with Crippen molar-refractivity contribution in [2.45, 2.75) is 20.3 Å². The molecule has 3 nitrogen and oxygen atoms in total. The molecule has 2 N–H and O–H groups in total. The molecule has 11 heavy (non-hydrogen) atoms. The van der Waals surface area contributed by atoms with Crippen LogP contribution in [0.1, 0.15) is 20.3 Å². The van der Waals surface area contributed by atoms with Crippen LogP contribution in [-0.2, 0) is 4.79 Å². The van der Waals surface area contributed by atoms with Gasteiger partial charge in [-0.25, -0.2) is 0 Å². The van der Waals surface area contributed by atoms with Crippen LogP contribution < -0.4 is 5.73 Å². The van der Waals surface area contributed by atoms with Gasteiger partial charge in [0.15, 0.2) is 0 Å². The lowest BCUT2D eigenvalue weighted by atomic mass is 10.2. The van der Waals surface area contributed by atoms with E-state index < -0.39 is 0 Å². The van der Waals surface area contributed by atoms with Crippen LogP contribution in [0.4, 0.5) is 0 Å². The maximum Gasteiger partial charge on any atom is 0.240 e. The number of allylic oxidation sites excluding steroid dienone is 1. The van der Waals surface area contributed by atoms with E-state index in [-0.39, 0.29) is 12.5 Å². The van der Waals surface area contributed by atoms with Crippen LogP contribution in [0.5, 0.6) is 0 Å². The third-order valence-corrected chi connectivity index (χ3v) is 2.21. The van der Waals surface area contributed by atoms with Crippen molar-refractivity contribution in [1.82, 2.24) is 4.90 Å². The fraction of sp³-hybridized carbons (Fsp3) is 0.625. The van der Waals surface area contributed by atoms with Gasteiger partial charge in [-0.1, -0.05) is 5.57 Å². The number of carbonyl (C=O) groups excluding carboxylic acids is 1. The summed E-state index contributed by atoms with van der Waals surface area (Å²) < 4.78 is 0. The van der Waals surface area contributed by atoms with Gasteiger partial charge < -0.3 is 10.6 Å². The number of amides is 1. The van der Waals surface area contributed by atoms with Crippen LogP contribution in [0.25, 0.3) is 0 Å².